The molecule has 0 aliphatic heterocycles. The minimum Gasteiger partial charge on any atom is -0.497 e. The topological polar surface area (TPSA) is 64.1 Å². The molecule has 0 saturated carbocycles. The summed E-state index contributed by atoms with van der Waals surface area (Å²) in [6, 6.07) is 12.1. The van der Waals surface area contributed by atoms with Crippen LogP contribution < -0.4 is 24.8 Å². The second kappa shape index (κ2) is 11.1. The van der Waals surface area contributed by atoms with Gasteiger partial charge in [0.05, 0.1) is 21.3 Å². The fourth-order valence-electron chi connectivity index (χ4n) is 3.03. The third-order valence-electron chi connectivity index (χ3n) is 4.52. The molecule has 0 atom stereocenters. The van der Waals surface area contributed by atoms with Gasteiger partial charge in [0.1, 0.15) is 17.2 Å². The van der Waals surface area contributed by atoms with Gasteiger partial charge in [0, 0.05) is 20.1 Å². The first-order valence-corrected chi connectivity index (χ1v) is 9.40. The van der Waals surface area contributed by atoms with Crippen LogP contribution in [0.4, 0.5) is 0 Å². The standard InChI is InChI=1S/C22H31N3O3/c1-16-6-8-20(27-4)17(14-16)10-12-24-22(23-2)25-13-11-18-15-19(26-3)7-9-21(18)28-5/h6-9,14-15H,10-13H2,1-5H3,(H2,23,24,25). The lowest BCUT2D eigenvalue weighted by Gasteiger charge is -2.15. The van der Waals surface area contributed by atoms with Crippen molar-refractivity contribution < 1.29 is 14.2 Å². The van der Waals surface area contributed by atoms with Gasteiger partial charge < -0.3 is 24.8 Å². The number of aryl methyl sites for hydroxylation is 1. The first-order valence-electron chi connectivity index (χ1n) is 9.40. The van der Waals surface area contributed by atoms with E-state index in [1.54, 1.807) is 28.4 Å². The molecule has 2 aromatic rings. The summed E-state index contributed by atoms with van der Waals surface area (Å²) in [6.07, 6.45) is 1.65. The van der Waals surface area contributed by atoms with E-state index in [9.17, 15) is 0 Å². The van der Waals surface area contributed by atoms with Crippen LogP contribution in [0.15, 0.2) is 41.4 Å². The Morgan fingerprint density at radius 1 is 0.821 bits per heavy atom. The third-order valence-corrected chi connectivity index (χ3v) is 4.52. The molecular weight excluding hydrogens is 354 g/mol. The second-order valence-corrected chi connectivity index (χ2v) is 6.42. The largest absolute Gasteiger partial charge is 0.497 e. The Balaban J connectivity index is 1.85. The molecule has 6 nitrogen and oxygen atoms in total. The average Bonchev–Trinajstić information content (AvgIpc) is 2.72. The molecule has 28 heavy (non-hydrogen) atoms. The predicted molar refractivity (Wildman–Crippen MR) is 114 cm³/mol. The van der Waals surface area contributed by atoms with Crippen molar-refractivity contribution in [3.63, 3.8) is 0 Å². The number of hydrogen-bond donors (Lipinski definition) is 2. The fraction of sp³-hybridized carbons (Fsp3) is 0.409. The Morgan fingerprint density at radius 3 is 1.93 bits per heavy atom. The van der Waals surface area contributed by atoms with Crippen molar-refractivity contribution in [2.45, 2.75) is 19.8 Å². The number of benzene rings is 2. The molecule has 0 saturated heterocycles. The fourth-order valence-corrected chi connectivity index (χ4v) is 3.03. The quantitative estimate of drug-likeness (QED) is 0.513. The Morgan fingerprint density at radius 2 is 1.39 bits per heavy atom. The Hall–Kier alpha value is -2.89. The average molecular weight is 386 g/mol. The molecule has 0 bridgehead atoms. The number of aliphatic imine (C=N–C) groups is 1. The zero-order valence-electron chi connectivity index (χ0n) is 17.5. The normalized spacial score (nSPS) is 11.1. The summed E-state index contributed by atoms with van der Waals surface area (Å²) in [4.78, 5) is 4.29. The molecule has 2 aromatic carbocycles. The zero-order chi connectivity index (χ0) is 20.4. The number of guanidine groups is 1. The minimum atomic E-state index is 0.733. The van der Waals surface area contributed by atoms with Gasteiger partial charge in [-0.25, -0.2) is 0 Å². The first-order chi connectivity index (χ1) is 13.6. The minimum absolute atomic E-state index is 0.733. The van der Waals surface area contributed by atoms with Crippen molar-refractivity contribution in [1.82, 2.24) is 10.6 Å². The highest BCUT2D eigenvalue weighted by atomic mass is 16.5. The highest BCUT2D eigenvalue weighted by Crippen LogP contribution is 2.24. The summed E-state index contributed by atoms with van der Waals surface area (Å²) in [5.41, 5.74) is 3.51. The van der Waals surface area contributed by atoms with E-state index in [-0.39, 0.29) is 0 Å². The Kier molecular flexibility index (Phi) is 8.46. The molecule has 0 aliphatic carbocycles. The lowest BCUT2D eigenvalue weighted by Crippen LogP contribution is -2.39. The van der Waals surface area contributed by atoms with Crippen molar-refractivity contribution in [3.8, 4) is 17.2 Å². The zero-order valence-corrected chi connectivity index (χ0v) is 17.5. The van der Waals surface area contributed by atoms with E-state index in [1.807, 2.05) is 24.3 Å². The van der Waals surface area contributed by atoms with Crippen LogP contribution in [0.25, 0.3) is 0 Å². The maximum Gasteiger partial charge on any atom is 0.190 e. The van der Waals surface area contributed by atoms with Crippen LogP contribution in [0, 0.1) is 6.92 Å². The van der Waals surface area contributed by atoms with Gasteiger partial charge in [-0.3, -0.25) is 4.99 Å². The third kappa shape index (κ3) is 6.08. The van der Waals surface area contributed by atoms with Crippen LogP contribution >= 0.6 is 0 Å². The smallest absolute Gasteiger partial charge is 0.190 e. The monoisotopic (exact) mass is 385 g/mol. The molecule has 0 unspecified atom stereocenters. The lowest BCUT2D eigenvalue weighted by atomic mass is 10.1. The number of nitrogens with one attached hydrogen (secondary N) is 2. The maximum absolute atomic E-state index is 5.44. The molecular formula is C22H31N3O3. The summed E-state index contributed by atoms with van der Waals surface area (Å²) in [6.45, 7) is 3.59. The molecule has 0 radical (unpaired) electrons. The van der Waals surface area contributed by atoms with E-state index < -0.39 is 0 Å². The van der Waals surface area contributed by atoms with Crippen LogP contribution in [0.5, 0.6) is 17.2 Å². The van der Waals surface area contributed by atoms with Gasteiger partial charge >= 0.3 is 0 Å². The summed E-state index contributed by atoms with van der Waals surface area (Å²) in [5, 5.41) is 6.70. The van der Waals surface area contributed by atoms with Crippen LogP contribution in [0.2, 0.25) is 0 Å². The number of nitrogens with zero attached hydrogens (tertiary/aromatic N) is 1. The summed E-state index contributed by atoms with van der Waals surface area (Å²) < 4.78 is 16.2. The van der Waals surface area contributed by atoms with Gasteiger partial charge in [-0.1, -0.05) is 17.7 Å². The highest BCUT2D eigenvalue weighted by Gasteiger charge is 2.07. The van der Waals surface area contributed by atoms with Gasteiger partial charge in [-0.2, -0.15) is 0 Å². The number of hydrogen-bond acceptors (Lipinski definition) is 4. The molecule has 0 amide bonds. The first kappa shape index (κ1) is 21.4. The predicted octanol–water partition coefficient (Wildman–Crippen LogP) is 2.97. The van der Waals surface area contributed by atoms with Crippen LogP contribution in [-0.2, 0) is 12.8 Å². The van der Waals surface area contributed by atoms with Crippen LogP contribution in [0.1, 0.15) is 16.7 Å². The highest BCUT2D eigenvalue weighted by molar-refractivity contribution is 5.79. The number of methoxy groups -OCH3 is 3. The SMILES string of the molecule is CN=C(NCCc1cc(C)ccc1OC)NCCc1cc(OC)ccc1OC. The van der Waals surface area contributed by atoms with Crippen molar-refractivity contribution in [3.05, 3.63) is 53.1 Å². The van der Waals surface area contributed by atoms with Gasteiger partial charge in [0.25, 0.3) is 0 Å². The molecule has 2 N–H and O–H groups in total. The van der Waals surface area contributed by atoms with E-state index in [1.165, 1.54) is 11.1 Å². The summed E-state index contributed by atoms with van der Waals surface area (Å²) in [7, 11) is 6.82. The van der Waals surface area contributed by atoms with Crippen molar-refractivity contribution in [2.75, 3.05) is 41.5 Å². The molecule has 0 spiro atoms. The molecule has 2 rings (SSSR count). The molecule has 0 fully saturated rings. The molecule has 0 aliphatic rings. The summed E-state index contributed by atoms with van der Waals surface area (Å²) in [5.74, 6) is 3.37. The van der Waals surface area contributed by atoms with E-state index in [4.69, 9.17) is 14.2 Å². The van der Waals surface area contributed by atoms with E-state index in [0.29, 0.717) is 0 Å². The van der Waals surface area contributed by atoms with E-state index >= 15 is 0 Å². The van der Waals surface area contributed by atoms with Gasteiger partial charge in [0.2, 0.25) is 0 Å². The van der Waals surface area contributed by atoms with Gasteiger partial charge in [-0.05, 0) is 55.2 Å². The molecule has 0 heterocycles. The van der Waals surface area contributed by atoms with Crippen molar-refractivity contribution >= 4 is 5.96 Å². The van der Waals surface area contributed by atoms with Gasteiger partial charge in [-0.15, -0.1) is 0 Å². The number of ether oxygens (including phenoxy) is 3. The van der Waals surface area contributed by atoms with Crippen LogP contribution in [-0.4, -0.2) is 47.4 Å². The van der Waals surface area contributed by atoms with Crippen molar-refractivity contribution in [1.29, 1.82) is 0 Å². The second-order valence-electron chi connectivity index (χ2n) is 6.42. The van der Waals surface area contributed by atoms with Crippen LogP contribution in [0.3, 0.4) is 0 Å². The molecule has 0 aromatic heterocycles. The Labute approximate surface area is 167 Å². The van der Waals surface area contributed by atoms with E-state index in [0.717, 1.165) is 54.7 Å². The van der Waals surface area contributed by atoms with Crippen molar-refractivity contribution in [2.24, 2.45) is 4.99 Å². The van der Waals surface area contributed by atoms with Gasteiger partial charge in [0.15, 0.2) is 5.96 Å². The Bertz CT molecular complexity index is 791. The molecule has 6 heteroatoms. The maximum atomic E-state index is 5.44. The lowest BCUT2D eigenvalue weighted by molar-refractivity contribution is 0.398. The summed E-state index contributed by atoms with van der Waals surface area (Å²) >= 11 is 0. The molecule has 152 valence electrons. The van der Waals surface area contributed by atoms with E-state index in [2.05, 4.69) is 34.7 Å². The number of rotatable bonds is 9.